The van der Waals surface area contributed by atoms with Crippen LogP contribution in [-0.4, -0.2) is 39.3 Å². The summed E-state index contributed by atoms with van der Waals surface area (Å²) in [6, 6.07) is 0. The van der Waals surface area contributed by atoms with Crippen molar-refractivity contribution in [3.8, 4) is 0 Å². The lowest BCUT2D eigenvalue weighted by Gasteiger charge is -1.88. The average molecular weight is 208 g/mol. The van der Waals surface area contributed by atoms with Gasteiger partial charge >= 0.3 is 5.97 Å². The Morgan fingerprint density at radius 3 is 1.64 bits per heavy atom. The van der Waals surface area contributed by atoms with E-state index < -0.39 is 11.1 Å². The van der Waals surface area contributed by atoms with Gasteiger partial charge in [-0.05, 0) is 0 Å². The zero-order chi connectivity index (χ0) is 12.1. The number of ether oxygens (including phenoxy) is 1. The van der Waals surface area contributed by atoms with Crippen LogP contribution in [-0.2, 0) is 9.53 Å². The Bertz CT molecular complexity index is 163. The van der Waals surface area contributed by atoms with E-state index >= 15 is 0 Å². The molecule has 7 heteroatoms. The van der Waals surface area contributed by atoms with E-state index in [2.05, 4.69) is 32.5 Å². The maximum atomic E-state index is 9.84. The van der Waals surface area contributed by atoms with Crippen LogP contribution in [0.25, 0.3) is 0 Å². The number of carbonyl (C=O) groups is 1. The average Bonchev–Trinajstić information content (AvgIpc) is 2.01. The molecule has 0 saturated heterocycles. The number of methoxy groups -OCH3 is 1. The Morgan fingerprint density at radius 1 is 1.43 bits per heavy atom. The van der Waals surface area contributed by atoms with Gasteiger partial charge in [0, 0.05) is 6.08 Å². The number of hydrogen-bond acceptors (Lipinski definition) is 5. The van der Waals surface area contributed by atoms with Gasteiger partial charge in [0.05, 0.1) is 33.3 Å². The molecule has 0 aromatic rings. The van der Waals surface area contributed by atoms with Crippen molar-refractivity contribution in [3.05, 3.63) is 28.0 Å². The number of nitrogens with one attached hydrogen (secondary N) is 1. The molecule has 0 bridgehead atoms. The van der Waals surface area contributed by atoms with Crippen LogP contribution in [0.1, 0.15) is 0 Å². The summed E-state index contributed by atoms with van der Waals surface area (Å²) in [6.45, 7) is 3.16. The van der Waals surface area contributed by atoms with Crippen molar-refractivity contribution in [1.29, 1.82) is 0 Å². The van der Waals surface area contributed by atoms with E-state index in [1.807, 2.05) is 0 Å². The first-order valence-corrected chi connectivity index (χ1v) is 3.56. The fraction of sp³-hybridized carbons (Fsp3) is 0.571. The van der Waals surface area contributed by atoms with Gasteiger partial charge in [-0.25, -0.2) is 4.79 Å². The summed E-state index contributed by atoms with van der Waals surface area (Å²) >= 11 is 0. The van der Waals surface area contributed by atoms with Crippen molar-refractivity contribution in [1.82, 2.24) is 0 Å². The van der Waals surface area contributed by atoms with Gasteiger partial charge in [0.25, 0.3) is 0 Å². The number of hydrogen-bond donors (Lipinski definition) is 1. The van der Waals surface area contributed by atoms with E-state index in [4.69, 9.17) is 15.3 Å². The van der Waals surface area contributed by atoms with Gasteiger partial charge < -0.3 is 25.0 Å². The van der Waals surface area contributed by atoms with Crippen LogP contribution in [0, 0.1) is 15.3 Å². The highest BCUT2D eigenvalue weighted by molar-refractivity contribution is 5.80. The lowest BCUT2D eigenvalue weighted by molar-refractivity contribution is -0.836. The highest BCUT2D eigenvalue weighted by Crippen LogP contribution is 1.67. The molecular weight excluding hydrogens is 192 g/mol. The molecule has 0 atom stereocenters. The Kier molecular flexibility index (Phi) is 18.1. The second kappa shape index (κ2) is 13.9. The maximum Gasteiger partial charge on any atom is 0.329 e. The zero-order valence-corrected chi connectivity index (χ0v) is 8.77. The summed E-state index contributed by atoms with van der Waals surface area (Å²) in [5.41, 5.74) is 0. The minimum atomic E-state index is -1.75. The van der Waals surface area contributed by atoms with Gasteiger partial charge in [0.2, 0.25) is 0 Å². The summed E-state index contributed by atoms with van der Waals surface area (Å²) in [5, 5.41) is 14.8. The number of rotatable bonds is 1. The van der Waals surface area contributed by atoms with E-state index in [1.165, 1.54) is 12.0 Å². The largest absolute Gasteiger partial charge is 0.466 e. The normalized spacial score (nSPS) is 7.21. The second-order valence-electron chi connectivity index (χ2n) is 2.45. The van der Waals surface area contributed by atoms with Crippen molar-refractivity contribution in [2.45, 2.75) is 0 Å². The second-order valence-corrected chi connectivity index (χ2v) is 2.45. The first kappa shape index (κ1) is 18.2. The van der Waals surface area contributed by atoms with Gasteiger partial charge in [0.15, 0.2) is 0 Å². The monoisotopic (exact) mass is 208 g/mol. The van der Waals surface area contributed by atoms with E-state index in [9.17, 15) is 4.79 Å². The fourth-order valence-corrected chi connectivity index (χ4v) is 0.0833. The molecule has 0 heterocycles. The molecular formula is C7H16N2O5. The molecule has 0 aliphatic heterocycles. The summed E-state index contributed by atoms with van der Waals surface area (Å²) < 4.78 is 4.14. The Hall–Kier alpha value is -1.63. The Labute approximate surface area is 82.7 Å². The minimum Gasteiger partial charge on any atom is -0.466 e. The molecule has 0 spiro atoms. The fourth-order valence-electron chi connectivity index (χ4n) is 0.0833. The summed E-state index contributed by atoms with van der Waals surface area (Å²) in [4.78, 5) is 19.5. The van der Waals surface area contributed by atoms with Crippen molar-refractivity contribution < 1.29 is 19.5 Å². The van der Waals surface area contributed by atoms with Crippen LogP contribution >= 0.6 is 0 Å². The van der Waals surface area contributed by atoms with Crippen LogP contribution in [0.15, 0.2) is 12.7 Å². The smallest absolute Gasteiger partial charge is 0.329 e. The number of quaternary nitrogens is 1. The molecule has 0 aromatic carbocycles. The van der Waals surface area contributed by atoms with Gasteiger partial charge in [-0.1, -0.05) is 6.58 Å². The molecule has 0 radical (unpaired) electrons. The lowest BCUT2D eigenvalue weighted by atomic mass is 10.7. The zero-order valence-electron chi connectivity index (χ0n) is 8.77. The number of carbonyl (C=O) groups excluding carboxylic acids is 1. The molecule has 1 N–H and O–H groups in total. The van der Waals surface area contributed by atoms with Crippen LogP contribution in [0.2, 0.25) is 0 Å². The Balaban J connectivity index is -0.000000135. The third-order valence-corrected chi connectivity index (χ3v) is 0.368. The van der Waals surface area contributed by atoms with Gasteiger partial charge in [-0.3, -0.25) is 0 Å². The van der Waals surface area contributed by atoms with Crippen LogP contribution < -0.4 is 4.90 Å². The van der Waals surface area contributed by atoms with Gasteiger partial charge in [-0.15, -0.1) is 0 Å². The molecule has 0 saturated carbocycles. The SMILES string of the molecule is C=CC(=O)OC.C[NH+](C)C.O=[N+]([O-])[O-]. The summed E-state index contributed by atoms with van der Waals surface area (Å²) in [6.07, 6.45) is 1.11. The number of esters is 1. The van der Waals surface area contributed by atoms with Crippen molar-refractivity contribution in [2.75, 3.05) is 28.3 Å². The van der Waals surface area contributed by atoms with Crippen LogP contribution in [0.3, 0.4) is 0 Å². The summed E-state index contributed by atoms with van der Waals surface area (Å²) in [5.74, 6) is -0.394. The molecule has 0 aliphatic rings. The molecule has 0 aliphatic carbocycles. The predicted molar refractivity (Wildman–Crippen MR) is 51.3 cm³/mol. The van der Waals surface area contributed by atoms with Gasteiger partial charge in [-0.2, -0.15) is 0 Å². The molecule has 0 amide bonds. The first-order chi connectivity index (χ1) is 6.27. The van der Waals surface area contributed by atoms with E-state index in [0.29, 0.717) is 0 Å². The molecule has 0 fully saturated rings. The first-order valence-electron chi connectivity index (χ1n) is 3.56. The van der Waals surface area contributed by atoms with Crippen LogP contribution in [0.5, 0.6) is 0 Å². The van der Waals surface area contributed by atoms with Crippen molar-refractivity contribution in [3.63, 3.8) is 0 Å². The standard InChI is InChI=1S/C4H6O2.C3H9N.NO3/c1-3-4(5)6-2;1-4(2)3;2-1(3)4/h3H,1H2,2H3;1-3H3;/q;;-1/p+1. The van der Waals surface area contributed by atoms with Crippen molar-refractivity contribution >= 4 is 5.97 Å². The predicted octanol–water partition coefficient (Wildman–Crippen LogP) is -1.13. The molecule has 14 heavy (non-hydrogen) atoms. The molecule has 0 rings (SSSR count). The molecule has 0 unspecified atom stereocenters. The molecule has 84 valence electrons. The minimum absolute atomic E-state index is 0.394. The van der Waals surface area contributed by atoms with Crippen LogP contribution in [0.4, 0.5) is 0 Å². The quantitative estimate of drug-likeness (QED) is 0.254. The number of nitrogens with zero attached hydrogens (tertiary/aromatic N) is 1. The Morgan fingerprint density at radius 2 is 1.64 bits per heavy atom. The van der Waals surface area contributed by atoms with E-state index in [-0.39, 0.29) is 0 Å². The third-order valence-electron chi connectivity index (χ3n) is 0.368. The van der Waals surface area contributed by atoms with E-state index in [0.717, 1.165) is 6.08 Å². The molecule has 0 aromatic heterocycles. The summed E-state index contributed by atoms with van der Waals surface area (Å²) in [7, 11) is 7.56. The van der Waals surface area contributed by atoms with E-state index in [1.54, 1.807) is 0 Å². The highest BCUT2D eigenvalue weighted by Gasteiger charge is 1.81. The molecule has 7 nitrogen and oxygen atoms in total. The maximum absolute atomic E-state index is 9.84. The topological polar surface area (TPSA) is 96.9 Å². The third kappa shape index (κ3) is 162. The lowest BCUT2D eigenvalue weighted by Crippen LogP contribution is -3.02. The highest BCUT2D eigenvalue weighted by atomic mass is 16.9. The van der Waals surface area contributed by atoms with Crippen molar-refractivity contribution in [2.24, 2.45) is 0 Å². The van der Waals surface area contributed by atoms with Gasteiger partial charge in [0.1, 0.15) is 0 Å².